The summed E-state index contributed by atoms with van der Waals surface area (Å²) in [6.45, 7) is -2.88. The van der Waals surface area contributed by atoms with Gasteiger partial charge in [-0.1, -0.05) is 0 Å². The Kier molecular flexibility index (Phi) is 7.08. The normalized spacial score (nSPS) is 28.9. The van der Waals surface area contributed by atoms with Crippen molar-refractivity contribution in [3.05, 3.63) is 24.2 Å². The second kappa shape index (κ2) is 8.99. The predicted molar refractivity (Wildman–Crippen MR) is 105 cm³/mol. The van der Waals surface area contributed by atoms with Crippen LogP contribution in [0.2, 0.25) is 0 Å². The highest BCUT2D eigenvalue weighted by molar-refractivity contribution is 7.66. The Morgan fingerprint density at radius 1 is 1.26 bits per heavy atom. The third kappa shape index (κ3) is 5.37. The van der Waals surface area contributed by atoms with Gasteiger partial charge in [-0.2, -0.15) is 19.0 Å². The summed E-state index contributed by atoms with van der Waals surface area (Å²) in [5.74, 6) is 0.0392. The molecule has 5 atom stereocenters. The number of nitrogens with zero attached hydrogens (tertiary/aromatic N) is 4. The van der Waals surface area contributed by atoms with Gasteiger partial charge in [0.1, 0.15) is 30.2 Å². The summed E-state index contributed by atoms with van der Waals surface area (Å²) in [5.41, 5.74) is 1.50. The molecule has 1 aliphatic heterocycles. The lowest BCUT2D eigenvalue weighted by Gasteiger charge is -2.30. The maximum absolute atomic E-state index is 14.1. The van der Waals surface area contributed by atoms with Crippen molar-refractivity contribution in [1.82, 2.24) is 14.6 Å². The third-order valence-electron chi connectivity index (χ3n) is 4.66. The zero-order valence-corrected chi connectivity index (χ0v) is 19.3. The van der Waals surface area contributed by atoms with Crippen molar-refractivity contribution < 1.29 is 60.6 Å². The number of ether oxygens (including phenoxy) is 1. The number of halogens is 1. The zero-order chi connectivity index (χ0) is 25.6. The van der Waals surface area contributed by atoms with Crippen LogP contribution < -0.4 is 5.73 Å². The van der Waals surface area contributed by atoms with Gasteiger partial charge in [-0.15, -0.1) is 0 Å². The molecule has 34 heavy (non-hydrogen) atoms. The molecule has 1 aliphatic rings. The number of nitriles is 1. The molecule has 21 heteroatoms. The minimum Gasteiger partial charge on any atom is -0.390 e. The van der Waals surface area contributed by atoms with E-state index in [9.17, 15) is 38.2 Å². The van der Waals surface area contributed by atoms with Crippen LogP contribution in [0.1, 0.15) is 12.1 Å². The molecule has 3 heterocycles. The molecule has 0 aliphatic carbocycles. The number of nitrogens with two attached hydrogens (primary N) is 1. The van der Waals surface area contributed by atoms with Gasteiger partial charge in [0.25, 0.3) is 0 Å². The number of aliphatic hydroxyl groups excluding tert-OH is 1. The van der Waals surface area contributed by atoms with Gasteiger partial charge in [0.05, 0.1) is 18.4 Å². The Morgan fingerprint density at radius 3 is 2.53 bits per heavy atom. The van der Waals surface area contributed by atoms with Crippen LogP contribution in [0, 0.1) is 11.3 Å². The molecule has 188 valence electrons. The fraction of sp³-hybridized carbons (Fsp3) is 0.462. The van der Waals surface area contributed by atoms with Gasteiger partial charge in [0, 0.05) is 6.42 Å². The number of aromatic nitrogens is 3. The lowest BCUT2D eigenvalue weighted by Crippen LogP contribution is -2.46. The molecule has 0 saturated carbocycles. The standard InChI is InChI=1S/C13H17FN5O12P3/c14-4-13(6-28-33(24,25)31-34(26,27)30-32(21,22)23)10(20)3-12(5-15,29-13)9-2-1-8-11(16)17-7-18-19(8)9/h1-2,7,10,20H,3-4,6H2,(H,24,25)(H,26,27)(H2,16,17,18)(H2,21,22,23)/t10-,12-,13+/m0/s1. The summed E-state index contributed by atoms with van der Waals surface area (Å²) in [4.78, 5) is 39.7. The number of anilines is 1. The maximum Gasteiger partial charge on any atom is 0.490 e. The van der Waals surface area contributed by atoms with E-state index in [0.29, 0.717) is 0 Å². The Morgan fingerprint density at radius 2 is 1.94 bits per heavy atom. The molecular weight excluding hydrogens is 530 g/mol. The monoisotopic (exact) mass is 547 g/mol. The smallest absolute Gasteiger partial charge is 0.390 e. The van der Waals surface area contributed by atoms with Gasteiger partial charge in [0.2, 0.25) is 0 Å². The lowest BCUT2D eigenvalue weighted by atomic mass is 9.92. The van der Waals surface area contributed by atoms with Crippen LogP contribution in [0.15, 0.2) is 18.5 Å². The van der Waals surface area contributed by atoms with Crippen molar-refractivity contribution in [3.8, 4) is 6.07 Å². The van der Waals surface area contributed by atoms with Crippen LogP contribution in [-0.4, -0.2) is 64.3 Å². The van der Waals surface area contributed by atoms with Gasteiger partial charge in [0.15, 0.2) is 11.4 Å². The molecule has 0 amide bonds. The maximum atomic E-state index is 14.1. The summed E-state index contributed by atoms with van der Waals surface area (Å²) < 4.78 is 66.5. The number of phosphoric acid groups is 3. The first-order valence-electron chi connectivity index (χ1n) is 8.80. The number of hydrogen-bond donors (Lipinski definition) is 6. The molecule has 2 unspecified atom stereocenters. The van der Waals surface area contributed by atoms with E-state index in [0.717, 1.165) is 10.8 Å². The van der Waals surface area contributed by atoms with Crippen LogP contribution in [0.5, 0.6) is 0 Å². The predicted octanol–water partition coefficient (Wildman–Crippen LogP) is -0.137. The van der Waals surface area contributed by atoms with Gasteiger partial charge >= 0.3 is 23.5 Å². The summed E-state index contributed by atoms with van der Waals surface area (Å²) in [5, 5.41) is 24.3. The third-order valence-corrected chi connectivity index (χ3v) is 8.44. The first-order valence-corrected chi connectivity index (χ1v) is 13.3. The molecule has 3 rings (SSSR count). The second-order valence-corrected chi connectivity index (χ2v) is 11.4. The highest BCUT2D eigenvalue weighted by Crippen LogP contribution is 2.66. The second-order valence-electron chi connectivity index (χ2n) is 6.98. The summed E-state index contributed by atoms with van der Waals surface area (Å²) in [6.07, 6.45) is -1.32. The van der Waals surface area contributed by atoms with E-state index in [1.165, 1.54) is 12.1 Å². The SMILES string of the molecule is N#C[C@]1(c2ccc3c(N)ncnn23)C[C@H](O)[C@@](CF)(COP(=O)(O)OP(=O)(O)OP(=O)(O)O)O1. The first kappa shape index (κ1) is 26.8. The van der Waals surface area contributed by atoms with E-state index < -0.39 is 60.5 Å². The van der Waals surface area contributed by atoms with E-state index in [1.54, 1.807) is 6.07 Å². The molecule has 0 aromatic carbocycles. The molecule has 0 spiro atoms. The topological polar surface area (TPSA) is 269 Å². The Balaban J connectivity index is 1.86. The van der Waals surface area contributed by atoms with E-state index in [4.69, 9.17) is 20.3 Å². The Bertz CT molecular complexity index is 1280. The molecule has 1 saturated heterocycles. The number of aliphatic hydroxyl groups is 1. The van der Waals surface area contributed by atoms with E-state index in [2.05, 4.69) is 23.2 Å². The minimum absolute atomic E-state index is 0.00631. The first-order chi connectivity index (χ1) is 15.6. The fourth-order valence-electron chi connectivity index (χ4n) is 3.23. The van der Waals surface area contributed by atoms with Gasteiger partial charge in [-0.05, 0) is 12.1 Å². The van der Waals surface area contributed by atoms with Crippen LogP contribution in [0.3, 0.4) is 0 Å². The van der Waals surface area contributed by atoms with Crippen molar-refractivity contribution in [2.45, 2.75) is 23.7 Å². The van der Waals surface area contributed by atoms with E-state index in [1.807, 2.05) is 0 Å². The number of rotatable bonds is 9. The number of alkyl halides is 1. The van der Waals surface area contributed by atoms with Crippen LogP contribution in [0.4, 0.5) is 10.2 Å². The summed E-state index contributed by atoms with van der Waals surface area (Å²) >= 11 is 0. The average molecular weight is 547 g/mol. The average Bonchev–Trinajstić information content (AvgIpc) is 3.25. The van der Waals surface area contributed by atoms with E-state index >= 15 is 0 Å². The van der Waals surface area contributed by atoms with Crippen molar-refractivity contribution in [3.63, 3.8) is 0 Å². The number of phosphoric ester groups is 1. The van der Waals surface area contributed by atoms with Crippen molar-refractivity contribution in [2.75, 3.05) is 19.0 Å². The molecule has 7 N–H and O–H groups in total. The van der Waals surface area contributed by atoms with Gasteiger partial charge in [-0.25, -0.2) is 27.6 Å². The summed E-state index contributed by atoms with van der Waals surface area (Å²) in [7, 11) is -17.1. The quantitative estimate of drug-likeness (QED) is 0.223. The highest BCUT2D eigenvalue weighted by atomic mass is 31.3. The van der Waals surface area contributed by atoms with Crippen LogP contribution >= 0.6 is 23.5 Å². The summed E-state index contributed by atoms with van der Waals surface area (Å²) in [6, 6.07) is 4.58. The molecule has 2 aromatic rings. The minimum atomic E-state index is -5.83. The number of nitrogen functional groups attached to an aromatic ring is 1. The van der Waals surface area contributed by atoms with Crippen LogP contribution in [-0.2, 0) is 37.2 Å². The lowest BCUT2D eigenvalue weighted by molar-refractivity contribution is -0.141. The number of hydrogen-bond acceptors (Lipinski definition) is 12. The largest absolute Gasteiger partial charge is 0.490 e. The Hall–Kier alpha value is -1.83. The molecular formula is C13H17FN5O12P3. The molecule has 17 nitrogen and oxygen atoms in total. The Labute approximate surface area is 188 Å². The van der Waals surface area contributed by atoms with Gasteiger partial charge in [-0.3, -0.25) is 4.52 Å². The molecule has 0 bridgehead atoms. The van der Waals surface area contributed by atoms with Crippen molar-refractivity contribution >= 4 is 34.8 Å². The number of fused-ring (bicyclic) bond motifs is 1. The molecule has 1 fully saturated rings. The van der Waals surface area contributed by atoms with Gasteiger partial charge < -0.3 is 35.2 Å². The molecule has 2 aromatic heterocycles. The van der Waals surface area contributed by atoms with E-state index in [-0.39, 0.29) is 17.0 Å². The van der Waals surface area contributed by atoms with Crippen LogP contribution in [0.25, 0.3) is 5.52 Å². The highest BCUT2D eigenvalue weighted by Gasteiger charge is 2.59. The fourth-order valence-corrected chi connectivity index (χ4v) is 6.31. The van der Waals surface area contributed by atoms with Crippen molar-refractivity contribution in [1.29, 1.82) is 5.26 Å². The van der Waals surface area contributed by atoms with Crippen molar-refractivity contribution in [2.24, 2.45) is 0 Å². The zero-order valence-electron chi connectivity index (χ0n) is 16.6. The molecule has 0 radical (unpaired) electrons.